The summed E-state index contributed by atoms with van der Waals surface area (Å²) in [7, 11) is 0. The number of H-pyrrole nitrogens is 1. The van der Waals surface area contributed by atoms with E-state index < -0.39 is 5.54 Å². The molecule has 9 heteroatoms. The van der Waals surface area contributed by atoms with Gasteiger partial charge in [0, 0.05) is 43.4 Å². The highest BCUT2D eigenvalue weighted by atomic mass is 35.5. The van der Waals surface area contributed by atoms with Gasteiger partial charge < -0.3 is 10.3 Å². The zero-order valence-electron chi connectivity index (χ0n) is 21.3. The SMILES string of the molecule is Cc1[nH]c(-c2ccccc2)nc1C(C)(C(c1ccc(F)cc1)c1ccc(F)cc1)N1CCNCC1.Cl.Cl.Cl. The van der Waals surface area contributed by atoms with Crippen LogP contribution in [0.5, 0.6) is 0 Å². The zero-order valence-corrected chi connectivity index (χ0v) is 23.7. The first-order valence-corrected chi connectivity index (χ1v) is 12.1. The normalized spacial score (nSPS) is 15.1. The maximum Gasteiger partial charge on any atom is 0.137 e. The molecule has 1 saturated heterocycles. The molecule has 4 nitrogen and oxygen atoms in total. The van der Waals surface area contributed by atoms with Gasteiger partial charge in [0.15, 0.2) is 0 Å². The van der Waals surface area contributed by atoms with Crippen LogP contribution in [0.4, 0.5) is 8.78 Å². The third-order valence-corrected chi connectivity index (χ3v) is 7.15. The molecule has 1 atom stereocenters. The molecule has 1 unspecified atom stereocenters. The molecule has 1 aromatic heterocycles. The fourth-order valence-electron chi connectivity index (χ4n) is 5.44. The van der Waals surface area contributed by atoms with E-state index in [1.165, 1.54) is 24.3 Å². The molecule has 0 saturated carbocycles. The predicted octanol–water partition coefficient (Wildman–Crippen LogP) is 6.88. The van der Waals surface area contributed by atoms with Gasteiger partial charge in [0.2, 0.25) is 0 Å². The van der Waals surface area contributed by atoms with Crippen molar-refractivity contribution in [3.63, 3.8) is 0 Å². The van der Waals surface area contributed by atoms with E-state index in [2.05, 4.69) is 29.0 Å². The molecule has 204 valence electrons. The minimum atomic E-state index is -0.578. The van der Waals surface area contributed by atoms with Crippen molar-refractivity contribution in [1.82, 2.24) is 20.2 Å². The highest BCUT2D eigenvalue weighted by Gasteiger charge is 2.46. The van der Waals surface area contributed by atoms with E-state index in [-0.39, 0.29) is 54.8 Å². The Bertz CT molecular complexity index is 1230. The third-order valence-electron chi connectivity index (χ3n) is 7.15. The highest BCUT2D eigenvalue weighted by molar-refractivity contribution is 5.86. The number of nitrogens with zero attached hydrogens (tertiary/aromatic N) is 2. The van der Waals surface area contributed by atoms with E-state index in [9.17, 15) is 8.78 Å². The molecule has 1 aliphatic rings. The van der Waals surface area contributed by atoms with E-state index in [1.54, 1.807) is 0 Å². The number of aryl methyl sites for hydroxylation is 1. The molecular weight excluding hydrogens is 549 g/mol. The summed E-state index contributed by atoms with van der Waals surface area (Å²) in [5.41, 5.74) is 4.29. The van der Waals surface area contributed by atoms with Crippen molar-refractivity contribution < 1.29 is 8.78 Å². The third kappa shape index (κ3) is 6.22. The average Bonchev–Trinajstić information content (AvgIpc) is 3.29. The molecule has 0 aliphatic carbocycles. The fraction of sp³-hybridized carbons (Fsp3) is 0.276. The van der Waals surface area contributed by atoms with Crippen LogP contribution in [0.1, 0.15) is 35.4 Å². The van der Waals surface area contributed by atoms with Crippen LogP contribution < -0.4 is 5.32 Å². The van der Waals surface area contributed by atoms with Gasteiger partial charge >= 0.3 is 0 Å². The second kappa shape index (κ2) is 13.5. The van der Waals surface area contributed by atoms with Crippen LogP contribution in [0.15, 0.2) is 78.9 Å². The number of aromatic amines is 1. The summed E-state index contributed by atoms with van der Waals surface area (Å²) in [4.78, 5) is 11.1. The molecule has 0 bridgehead atoms. The summed E-state index contributed by atoms with van der Waals surface area (Å²) >= 11 is 0. The van der Waals surface area contributed by atoms with Crippen LogP contribution in [-0.2, 0) is 5.54 Å². The van der Waals surface area contributed by atoms with Crippen molar-refractivity contribution >= 4 is 37.2 Å². The Labute approximate surface area is 241 Å². The van der Waals surface area contributed by atoms with Crippen molar-refractivity contribution in [1.29, 1.82) is 0 Å². The molecule has 2 heterocycles. The number of hydrogen-bond donors (Lipinski definition) is 2. The van der Waals surface area contributed by atoms with Crippen molar-refractivity contribution in [2.45, 2.75) is 25.3 Å². The summed E-state index contributed by atoms with van der Waals surface area (Å²) < 4.78 is 27.9. The standard InChI is InChI=1S/C29H30F2N4.3ClH/c1-20-27(34-28(33-20)23-6-4-3-5-7-23)29(2,35-18-16-32-17-19-35)26(21-8-12-24(30)13-9-21)22-10-14-25(31)15-11-22;;;/h3-15,26,32H,16-19H2,1-2H3,(H,33,34);3*1H. The molecule has 0 radical (unpaired) electrons. The van der Waals surface area contributed by atoms with Gasteiger partial charge in [-0.2, -0.15) is 0 Å². The number of imidazole rings is 1. The minimum absolute atomic E-state index is 0. The van der Waals surface area contributed by atoms with Crippen molar-refractivity contribution in [3.8, 4) is 11.4 Å². The first-order valence-electron chi connectivity index (χ1n) is 12.1. The van der Waals surface area contributed by atoms with E-state index in [1.807, 2.05) is 54.6 Å². The molecule has 38 heavy (non-hydrogen) atoms. The topological polar surface area (TPSA) is 44.0 Å². The summed E-state index contributed by atoms with van der Waals surface area (Å²) in [6.45, 7) is 7.67. The lowest BCUT2D eigenvalue weighted by molar-refractivity contribution is 0.0673. The lowest BCUT2D eigenvalue weighted by Crippen LogP contribution is -2.56. The number of hydrogen-bond acceptors (Lipinski definition) is 3. The van der Waals surface area contributed by atoms with Gasteiger partial charge in [0.25, 0.3) is 0 Å². The first-order chi connectivity index (χ1) is 17.0. The Morgan fingerprint density at radius 3 is 1.79 bits per heavy atom. The smallest absolute Gasteiger partial charge is 0.137 e. The van der Waals surface area contributed by atoms with E-state index in [0.29, 0.717) is 0 Å². The molecule has 5 rings (SSSR count). The number of halogens is 5. The van der Waals surface area contributed by atoms with Crippen LogP contribution in [0.2, 0.25) is 0 Å². The molecule has 1 fully saturated rings. The lowest BCUT2D eigenvalue weighted by atomic mass is 9.72. The Hall–Kier alpha value is -2.48. The Balaban J connectivity index is 0.00000169. The zero-order chi connectivity index (χ0) is 24.4. The highest BCUT2D eigenvalue weighted by Crippen LogP contribution is 2.47. The predicted molar refractivity (Wildman–Crippen MR) is 157 cm³/mol. The van der Waals surface area contributed by atoms with Crippen LogP contribution in [0.25, 0.3) is 11.4 Å². The second-order valence-electron chi connectivity index (χ2n) is 9.35. The Morgan fingerprint density at radius 2 is 1.29 bits per heavy atom. The van der Waals surface area contributed by atoms with Gasteiger partial charge in [-0.25, -0.2) is 13.8 Å². The van der Waals surface area contributed by atoms with E-state index >= 15 is 0 Å². The van der Waals surface area contributed by atoms with Crippen molar-refractivity contribution in [2.75, 3.05) is 26.2 Å². The summed E-state index contributed by atoms with van der Waals surface area (Å²) in [6.07, 6.45) is 0. The van der Waals surface area contributed by atoms with Crippen molar-refractivity contribution in [2.24, 2.45) is 0 Å². The van der Waals surface area contributed by atoms with Gasteiger partial charge in [-0.3, -0.25) is 4.90 Å². The van der Waals surface area contributed by atoms with Crippen LogP contribution in [-0.4, -0.2) is 41.0 Å². The molecule has 0 amide bonds. The first kappa shape index (κ1) is 31.7. The number of benzene rings is 3. The second-order valence-corrected chi connectivity index (χ2v) is 9.35. The summed E-state index contributed by atoms with van der Waals surface area (Å²) in [5, 5.41) is 3.45. The lowest BCUT2D eigenvalue weighted by Gasteiger charge is -2.48. The molecule has 4 aromatic rings. The van der Waals surface area contributed by atoms with Crippen LogP contribution >= 0.6 is 37.2 Å². The van der Waals surface area contributed by atoms with Gasteiger partial charge in [-0.05, 0) is 49.2 Å². The number of rotatable bonds is 6. The number of nitrogens with one attached hydrogen (secondary N) is 2. The van der Waals surface area contributed by atoms with Gasteiger partial charge in [0.1, 0.15) is 17.5 Å². The van der Waals surface area contributed by atoms with E-state index in [0.717, 1.165) is 60.1 Å². The van der Waals surface area contributed by atoms with Gasteiger partial charge in [-0.15, -0.1) is 37.2 Å². The molecule has 3 aromatic carbocycles. The monoisotopic (exact) mass is 580 g/mol. The molecule has 2 N–H and O–H groups in total. The van der Waals surface area contributed by atoms with Crippen molar-refractivity contribution in [3.05, 3.63) is 113 Å². The average molecular weight is 582 g/mol. The number of piperazine rings is 1. The largest absolute Gasteiger partial charge is 0.342 e. The van der Waals surface area contributed by atoms with Gasteiger partial charge in [0.05, 0.1) is 11.2 Å². The quantitative estimate of drug-likeness (QED) is 0.261. The maximum atomic E-state index is 13.9. The van der Waals surface area contributed by atoms with E-state index in [4.69, 9.17) is 4.98 Å². The summed E-state index contributed by atoms with van der Waals surface area (Å²) in [5.74, 6) is 0.0550. The molecular formula is C29H33Cl3F2N4. The van der Waals surface area contributed by atoms with Gasteiger partial charge in [-0.1, -0.05) is 54.6 Å². The Morgan fingerprint density at radius 1 is 0.789 bits per heavy atom. The summed E-state index contributed by atoms with van der Waals surface area (Å²) in [6, 6.07) is 23.4. The maximum absolute atomic E-state index is 13.9. The number of aromatic nitrogens is 2. The fourth-order valence-corrected chi connectivity index (χ4v) is 5.44. The van der Waals surface area contributed by atoms with Crippen LogP contribution in [0, 0.1) is 18.6 Å². The molecule has 0 spiro atoms. The minimum Gasteiger partial charge on any atom is -0.342 e. The Kier molecular flexibility index (Phi) is 11.3. The molecule has 1 aliphatic heterocycles. The van der Waals surface area contributed by atoms with Crippen LogP contribution in [0.3, 0.4) is 0 Å².